The Morgan fingerprint density at radius 1 is 1.40 bits per heavy atom. The van der Waals surface area contributed by atoms with E-state index in [9.17, 15) is 9.90 Å². The molecule has 2 bridgehead atoms. The zero-order valence-electron chi connectivity index (χ0n) is 15.0. The minimum absolute atomic E-state index is 0.00850. The Kier molecular flexibility index (Phi) is 3.23. The van der Waals surface area contributed by atoms with Crippen LogP contribution in [0.2, 0.25) is 0 Å². The number of aliphatic hydroxyl groups is 1. The number of benzene rings is 1. The molecule has 1 aliphatic carbocycles. The van der Waals surface area contributed by atoms with E-state index in [1.54, 1.807) is 6.92 Å². The molecule has 4 nitrogen and oxygen atoms in total. The van der Waals surface area contributed by atoms with E-state index < -0.39 is 0 Å². The highest BCUT2D eigenvalue weighted by Gasteiger charge is 2.67. The predicted molar refractivity (Wildman–Crippen MR) is 97.5 cm³/mol. The van der Waals surface area contributed by atoms with Gasteiger partial charge in [0.15, 0.2) is 0 Å². The van der Waals surface area contributed by atoms with E-state index >= 15 is 0 Å². The van der Waals surface area contributed by atoms with Crippen molar-refractivity contribution < 1.29 is 9.90 Å². The van der Waals surface area contributed by atoms with Crippen molar-refractivity contribution in [3.05, 3.63) is 41.5 Å². The van der Waals surface area contributed by atoms with Crippen LogP contribution in [0.3, 0.4) is 0 Å². The van der Waals surface area contributed by atoms with Crippen molar-refractivity contribution in [1.29, 1.82) is 0 Å². The van der Waals surface area contributed by atoms with Crippen LogP contribution in [0.5, 0.6) is 0 Å². The van der Waals surface area contributed by atoms with Gasteiger partial charge in [0.2, 0.25) is 5.91 Å². The van der Waals surface area contributed by atoms with Crippen LogP contribution < -0.4 is 4.90 Å². The fraction of sp³-hybridized carbons (Fsp3) is 0.571. The number of carbonyl (C=O) groups excluding carboxylic acids is 1. The van der Waals surface area contributed by atoms with Gasteiger partial charge in [0.25, 0.3) is 0 Å². The predicted octanol–water partition coefficient (Wildman–Crippen LogP) is 2.32. The minimum Gasteiger partial charge on any atom is -0.396 e. The van der Waals surface area contributed by atoms with Gasteiger partial charge in [0.1, 0.15) is 0 Å². The van der Waals surface area contributed by atoms with Gasteiger partial charge in [-0.1, -0.05) is 29.8 Å². The average molecular weight is 338 g/mol. The summed E-state index contributed by atoms with van der Waals surface area (Å²) in [6.45, 7) is 6.06. The number of aliphatic hydroxyl groups excluding tert-OH is 1. The summed E-state index contributed by atoms with van der Waals surface area (Å²) in [5.41, 5.74) is 3.86. The van der Waals surface area contributed by atoms with E-state index in [4.69, 9.17) is 0 Å². The SMILES string of the molecule is C/C=C1/CN2CC[C@]34c5ccccc5N(C(C)=O)C3[C@H](CO)[C@H]1C[C@H]24. The first-order valence-corrected chi connectivity index (χ1v) is 9.52. The van der Waals surface area contributed by atoms with Crippen LogP contribution >= 0.6 is 0 Å². The summed E-state index contributed by atoms with van der Waals surface area (Å²) in [6.07, 6.45) is 4.44. The quantitative estimate of drug-likeness (QED) is 0.799. The average Bonchev–Trinajstić information content (AvgIpc) is 3.15. The van der Waals surface area contributed by atoms with Crippen LogP contribution in [-0.2, 0) is 10.2 Å². The molecule has 4 aliphatic rings. The summed E-state index contributed by atoms with van der Waals surface area (Å²) < 4.78 is 0. The molecule has 1 aromatic rings. The Labute approximate surface area is 149 Å². The van der Waals surface area contributed by atoms with Gasteiger partial charge in [-0.3, -0.25) is 9.69 Å². The molecule has 3 fully saturated rings. The van der Waals surface area contributed by atoms with E-state index in [1.165, 1.54) is 11.1 Å². The molecule has 2 saturated heterocycles. The maximum atomic E-state index is 12.7. The third-order valence-electron chi connectivity index (χ3n) is 7.50. The third kappa shape index (κ3) is 1.72. The summed E-state index contributed by atoms with van der Waals surface area (Å²) in [5, 5.41) is 10.4. The van der Waals surface area contributed by atoms with Crippen molar-refractivity contribution in [2.24, 2.45) is 11.8 Å². The van der Waals surface area contributed by atoms with Crippen molar-refractivity contribution in [1.82, 2.24) is 4.90 Å². The Hall–Kier alpha value is -1.65. The Morgan fingerprint density at radius 3 is 2.92 bits per heavy atom. The first kappa shape index (κ1) is 15.6. The van der Waals surface area contributed by atoms with Gasteiger partial charge in [-0.15, -0.1) is 0 Å². The second-order valence-electron chi connectivity index (χ2n) is 8.18. The highest BCUT2D eigenvalue weighted by molar-refractivity contribution is 5.96. The van der Waals surface area contributed by atoms with Crippen molar-refractivity contribution in [3.8, 4) is 0 Å². The smallest absolute Gasteiger partial charge is 0.224 e. The third-order valence-corrected chi connectivity index (χ3v) is 7.50. The molecule has 25 heavy (non-hydrogen) atoms. The fourth-order valence-electron chi connectivity index (χ4n) is 6.69. The van der Waals surface area contributed by atoms with Crippen LogP contribution in [0.25, 0.3) is 0 Å². The van der Waals surface area contributed by atoms with Gasteiger partial charge < -0.3 is 10.0 Å². The molecular weight excluding hydrogens is 312 g/mol. The number of nitrogens with zero attached hydrogens (tertiary/aromatic N) is 2. The number of hydrogen-bond acceptors (Lipinski definition) is 3. The van der Waals surface area contributed by atoms with Crippen molar-refractivity contribution in [2.75, 3.05) is 24.6 Å². The van der Waals surface area contributed by atoms with Gasteiger partial charge in [-0.25, -0.2) is 0 Å². The van der Waals surface area contributed by atoms with Crippen LogP contribution in [0.15, 0.2) is 35.9 Å². The second-order valence-corrected chi connectivity index (χ2v) is 8.18. The summed E-state index contributed by atoms with van der Waals surface area (Å²) in [4.78, 5) is 17.3. The lowest BCUT2D eigenvalue weighted by Gasteiger charge is -2.56. The number of piperidine rings is 1. The van der Waals surface area contributed by atoms with Crippen molar-refractivity contribution in [3.63, 3.8) is 0 Å². The lowest BCUT2D eigenvalue weighted by atomic mass is 9.55. The first-order valence-electron chi connectivity index (χ1n) is 9.52. The van der Waals surface area contributed by atoms with E-state index in [1.807, 2.05) is 11.0 Å². The Balaban J connectivity index is 1.77. The highest BCUT2D eigenvalue weighted by Crippen LogP contribution is 2.63. The molecule has 5 atom stereocenters. The molecule has 0 aromatic heterocycles. The molecule has 1 unspecified atom stereocenters. The van der Waals surface area contributed by atoms with Crippen molar-refractivity contribution >= 4 is 11.6 Å². The number of anilines is 1. The van der Waals surface area contributed by atoms with Gasteiger partial charge in [0.05, 0.1) is 6.04 Å². The molecule has 1 spiro atoms. The fourth-order valence-corrected chi connectivity index (χ4v) is 6.69. The monoisotopic (exact) mass is 338 g/mol. The van der Waals surface area contributed by atoms with Gasteiger partial charge in [0, 0.05) is 43.1 Å². The number of allylic oxidation sites excluding steroid dienone is 1. The zero-order chi connectivity index (χ0) is 17.3. The molecule has 1 N–H and O–H groups in total. The molecule has 1 saturated carbocycles. The number of fused-ring (bicyclic) bond motifs is 2. The number of hydrogen-bond donors (Lipinski definition) is 1. The maximum Gasteiger partial charge on any atom is 0.224 e. The molecule has 5 rings (SSSR count). The molecular formula is C21H26N2O2. The van der Waals surface area contributed by atoms with E-state index in [-0.39, 0.29) is 29.9 Å². The molecule has 0 radical (unpaired) electrons. The lowest BCUT2D eigenvalue weighted by molar-refractivity contribution is -0.118. The highest BCUT2D eigenvalue weighted by atomic mass is 16.3. The number of carbonyl (C=O) groups is 1. The normalized spacial score (nSPS) is 40.3. The largest absolute Gasteiger partial charge is 0.396 e. The molecule has 3 heterocycles. The summed E-state index contributed by atoms with van der Waals surface area (Å²) in [7, 11) is 0. The van der Waals surface area contributed by atoms with Crippen LogP contribution in [0.1, 0.15) is 32.3 Å². The lowest BCUT2D eigenvalue weighted by Crippen LogP contribution is -2.65. The van der Waals surface area contributed by atoms with Crippen LogP contribution in [-0.4, -0.2) is 47.7 Å². The van der Waals surface area contributed by atoms with Crippen LogP contribution in [0, 0.1) is 11.8 Å². The minimum atomic E-state index is -0.00850. The first-order chi connectivity index (χ1) is 12.1. The van der Waals surface area contributed by atoms with Crippen LogP contribution in [0.4, 0.5) is 5.69 Å². The zero-order valence-corrected chi connectivity index (χ0v) is 15.0. The Bertz CT molecular complexity index is 773. The maximum absolute atomic E-state index is 12.7. The molecule has 3 aliphatic heterocycles. The topological polar surface area (TPSA) is 43.8 Å². The Morgan fingerprint density at radius 2 is 2.20 bits per heavy atom. The second kappa shape index (κ2) is 5.18. The standard InChI is InChI=1S/C21H26N2O2/c1-3-14-11-22-9-8-21-17-6-4-5-7-18(17)23(13(2)25)20(21)16(12-24)15(14)10-19(21)22/h3-7,15-16,19-20,24H,8-12H2,1-2H3/b14-3-/t15-,16+,19-,20?,21+/m0/s1. The number of para-hydroxylation sites is 1. The van der Waals surface area contributed by atoms with E-state index in [0.717, 1.165) is 31.6 Å². The summed E-state index contributed by atoms with van der Waals surface area (Å²) in [6, 6.07) is 9.04. The molecule has 1 aromatic carbocycles. The van der Waals surface area contributed by atoms with Crippen molar-refractivity contribution in [2.45, 2.75) is 44.2 Å². The van der Waals surface area contributed by atoms with E-state index in [2.05, 4.69) is 36.1 Å². The number of amides is 1. The summed E-state index contributed by atoms with van der Waals surface area (Å²) >= 11 is 0. The summed E-state index contributed by atoms with van der Waals surface area (Å²) in [5.74, 6) is 0.621. The van der Waals surface area contributed by atoms with Gasteiger partial charge in [-0.2, -0.15) is 0 Å². The molecule has 4 heteroatoms. The molecule has 1 amide bonds. The molecule has 132 valence electrons. The van der Waals surface area contributed by atoms with E-state index in [0.29, 0.717) is 12.0 Å². The van der Waals surface area contributed by atoms with Gasteiger partial charge >= 0.3 is 0 Å². The van der Waals surface area contributed by atoms with Gasteiger partial charge in [-0.05, 0) is 43.9 Å². The number of rotatable bonds is 1.